The molecule has 0 unspecified atom stereocenters. The topological polar surface area (TPSA) is 97.6 Å². The second-order valence-electron chi connectivity index (χ2n) is 5.59. The highest BCUT2D eigenvalue weighted by Gasteiger charge is 1.96. The number of ether oxygens (including phenoxy) is 3. The van der Waals surface area contributed by atoms with Gasteiger partial charge in [-0.3, -0.25) is 0 Å². The maximum Gasteiger partial charge on any atom is 0.213 e. The third kappa shape index (κ3) is 8.72. The summed E-state index contributed by atoms with van der Waals surface area (Å²) in [7, 11) is 1.88. The fourth-order valence-electron chi connectivity index (χ4n) is 2.08. The molecule has 28 heavy (non-hydrogen) atoms. The van der Waals surface area contributed by atoms with Gasteiger partial charge >= 0.3 is 0 Å². The summed E-state index contributed by atoms with van der Waals surface area (Å²) >= 11 is 0. The van der Waals surface area contributed by atoms with Crippen molar-refractivity contribution < 1.29 is 19.3 Å². The third-order valence-electron chi connectivity index (χ3n) is 3.52. The van der Waals surface area contributed by atoms with Gasteiger partial charge < -0.3 is 24.6 Å². The molecule has 2 N–H and O–H groups in total. The molecule has 0 aliphatic carbocycles. The highest BCUT2D eigenvalue weighted by Crippen LogP contribution is 2.07. The van der Waals surface area contributed by atoms with Crippen LogP contribution in [0.2, 0.25) is 0 Å². The molecule has 0 aliphatic heterocycles. The summed E-state index contributed by atoms with van der Waals surface area (Å²) < 4.78 is 15.9. The lowest BCUT2D eigenvalue weighted by Crippen LogP contribution is -2.12. The Hall–Kier alpha value is -2.81. The Labute approximate surface area is 164 Å². The van der Waals surface area contributed by atoms with Gasteiger partial charge in [-0.25, -0.2) is 4.98 Å². The standard InChI is InChI=1S/C20H26N4O4/c1-21-19-5-2-17(3-6-19)15-23-24-16-18-4-7-20(22-14-18)28-13-12-27-11-10-26-9-8-25/h2-7,14-16,21,25H,8-13H2,1H3/b23-15+,24-16+. The summed E-state index contributed by atoms with van der Waals surface area (Å²) in [5.41, 5.74) is 2.85. The van der Waals surface area contributed by atoms with E-state index in [1.165, 1.54) is 0 Å². The van der Waals surface area contributed by atoms with Crippen molar-refractivity contribution >= 4 is 18.1 Å². The van der Waals surface area contributed by atoms with Gasteiger partial charge in [0.2, 0.25) is 5.88 Å². The van der Waals surface area contributed by atoms with E-state index in [1.807, 2.05) is 37.4 Å². The first-order valence-electron chi connectivity index (χ1n) is 9.01. The molecule has 8 nitrogen and oxygen atoms in total. The van der Waals surface area contributed by atoms with Crippen molar-refractivity contribution in [3.8, 4) is 5.88 Å². The Morgan fingerprint density at radius 3 is 2.18 bits per heavy atom. The number of pyridine rings is 1. The highest BCUT2D eigenvalue weighted by molar-refractivity contribution is 5.82. The Kier molecular flexibility index (Phi) is 10.3. The zero-order chi connectivity index (χ0) is 19.9. The second-order valence-corrected chi connectivity index (χ2v) is 5.59. The Morgan fingerprint density at radius 1 is 0.893 bits per heavy atom. The van der Waals surface area contributed by atoms with E-state index in [1.54, 1.807) is 24.7 Å². The molecule has 2 aromatic rings. The monoisotopic (exact) mass is 386 g/mol. The first-order chi connectivity index (χ1) is 13.8. The summed E-state index contributed by atoms with van der Waals surface area (Å²) in [5.74, 6) is 0.519. The summed E-state index contributed by atoms with van der Waals surface area (Å²) in [6.45, 7) is 2.11. The van der Waals surface area contributed by atoms with Crippen molar-refractivity contribution in [2.75, 3.05) is 52.0 Å². The Balaban J connectivity index is 1.66. The number of rotatable bonds is 13. The number of benzene rings is 1. The second kappa shape index (κ2) is 13.4. The number of nitrogens with one attached hydrogen (secondary N) is 1. The predicted octanol–water partition coefficient (Wildman–Crippen LogP) is 1.98. The molecule has 0 fully saturated rings. The quantitative estimate of drug-likeness (QED) is 0.310. The van der Waals surface area contributed by atoms with Crippen LogP contribution in [0, 0.1) is 0 Å². The minimum Gasteiger partial charge on any atom is -0.475 e. The number of aromatic nitrogens is 1. The average molecular weight is 386 g/mol. The molecule has 150 valence electrons. The van der Waals surface area contributed by atoms with Gasteiger partial charge in [0.1, 0.15) is 6.61 Å². The fourth-order valence-corrected chi connectivity index (χ4v) is 2.08. The molecule has 1 aromatic carbocycles. The molecule has 0 saturated carbocycles. The van der Waals surface area contributed by atoms with Gasteiger partial charge in [0.15, 0.2) is 0 Å². The number of aliphatic hydroxyl groups is 1. The van der Waals surface area contributed by atoms with Gasteiger partial charge in [-0.1, -0.05) is 12.1 Å². The SMILES string of the molecule is CNc1ccc(/C=N/N=C/c2ccc(OCCOCCOCCO)nc2)cc1. The Bertz CT molecular complexity index is 718. The van der Waals surface area contributed by atoms with E-state index in [0.717, 1.165) is 16.8 Å². The summed E-state index contributed by atoms with van der Waals surface area (Å²) in [6.07, 6.45) is 4.99. The summed E-state index contributed by atoms with van der Waals surface area (Å²) in [4.78, 5) is 4.21. The molecule has 0 spiro atoms. The van der Waals surface area contributed by atoms with Crippen LogP contribution in [0.25, 0.3) is 0 Å². The molecule has 2 rings (SSSR count). The molecule has 0 radical (unpaired) electrons. The molecular formula is C20H26N4O4. The van der Waals surface area contributed by atoms with Crippen LogP contribution >= 0.6 is 0 Å². The van der Waals surface area contributed by atoms with Crippen LogP contribution in [0.15, 0.2) is 52.8 Å². The van der Waals surface area contributed by atoms with Crippen LogP contribution in [0.4, 0.5) is 5.69 Å². The van der Waals surface area contributed by atoms with Crippen molar-refractivity contribution in [2.45, 2.75) is 0 Å². The van der Waals surface area contributed by atoms with Crippen molar-refractivity contribution in [3.05, 3.63) is 53.7 Å². The number of hydrogen-bond donors (Lipinski definition) is 2. The van der Waals surface area contributed by atoms with Crippen LogP contribution in [0.3, 0.4) is 0 Å². The van der Waals surface area contributed by atoms with E-state index in [4.69, 9.17) is 19.3 Å². The van der Waals surface area contributed by atoms with Crippen LogP contribution in [0.5, 0.6) is 5.88 Å². The highest BCUT2D eigenvalue weighted by atomic mass is 16.5. The molecule has 0 bridgehead atoms. The average Bonchev–Trinajstić information content (AvgIpc) is 2.74. The predicted molar refractivity (Wildman–Crippen MR) is 110 cm³/mol. The smallest absolute Gasteiger partial charge is 0.213 e. The van der Waals surface area contributed by atoms with Gasteiger partial charge in [0.05, 0.1) is 45.5 Å². The molecule has 8 heteroatoms. The van der Waals surface area contributed by atoms with Gasteiger partial charge in [-0.15, -0.1) is 0 Å². The number of aliphatic hydroxyl groups excluding tert-OH is 1. The van der Waals surface area contributed by atoms with Crippen LogP contribution < -0.4 is 10.1 Å². The number of hydrogen-bond acceptors (Lipinski definition) is 8. The normalized spacial score (nSPS) is 11.4. The van der Waals surface area contributed by atoms with E-state index in [2.05, 4.69) is 20.5 Å². The fraction of sp³-hybridized carbons (Fsp3) is 0.350. The lowest BCUT2D eigenvalue weighted by molar-refractivity contribution is 0.0243. The van der Waals surface area contributed by atoms with E-state index in [-0.39, 0.29) is 6.61 Å². The van der Waals surface area contributed by atoms with Gasteiger partial charge in [0.25, 0.3) is 0 Å². The summed E-state index contributed by atoms with van der Waals surface area (Å²) in [5, 5.41) is 19.7. The molecule has 0 atom stereocenters. The van der Waals surface area contributed by atoms with Crippen LogP contribution in [-0.2, 0) is 9.47 Å². The van der Waals surface area contributed by atoms with Gasteiger partial charge in [0, 0.05) is 30.6 Å². The molecule has 0 amide bonds. The Morgan fingerprint density at radius 2 is 1.54 bits per heavy atom. The van der Waals surface area contributed by atoms with Gasteiger partial charge in [-0.2, -0.15) is 10.2 Å². The molecule has 0 aliphatic rings. The number of nitrogens with zero attached hydrogens (tertiary/aromatic N) is 3. The lowest BCUT2D eigenvalue weighted by Gasteiger charge is -2.06. The van der Waals surface area contributed by atoms with Crippen LogP contribution in [-0.4, -0.2) is 69.2 Å². The van der Waals surface area contributed by atoms with E-state index < -0.39 is 0 Å². The van der Waals surface area contributed by atoms with Crippen molar-refractivity contribution in [3.63, 3.8) is 0 Å². The van der Waals surface area contributed by atoms with E-state index in [9.17, 15) is 0 Å². The summed E-state index contributed by atoms with van der Waals surface area (Å²) in [6, 6.07) is 11.5. The minimum atomic E-state index is 0.0204. The largest absolute Gasteiger partial charge is 0.475 e. The van der Waals surface area contributed by atoms with Crippen molar-refractivity contribution in [2.24, 2.45) is 10.2 Å². The van der Waals surface area contributed by atoms with Crippen molar-refractivity contribution in [1.29, 1.82) is 0 Å². The first-order valence-corrected chi connectivity index (χ1v) is 9.01. The van der Waals surface area contributed by atoms with Gasteiger partial charge in [-0.05, 0) is 23.8 Å². The molecular weight excluding hydrogens is 360 g/mol. The van der Waals surface area contributed by atoms with E-state index in [0.29, 0.717) is 38.9 Å². The van der Waals surface area contributed by atoms with Crippen molar-refractivity contribution in [1.82, 2.24) is 4.98 Å². The maximum atomic E-state index is 8.57. The minimum absolute atomic E-state index is 0.0204. The zero-order valence-corrected chi connectivity index (χ0v) is 16.0. The van der Waals surface area contributed by atoms with E-state index >= 15 is 0 Å². The maximum absolute atomic E-state index is 8.57. The molecule has 0 saturated heterocycles. The lowest BCUT2D eigenvalue weighted by atomic mass is 10.2. The molecule has 1 aromatic heterocycles. The first kappa shape index (κ1) is 21.5. The zero-order valence-electron chi connectivity index (χ0n) is 16.0. The number of anilines is 1. The van der Waals surface area contributed by atoms with Crippen LogP contribution in [0.1, 0.15) is 11.1 Å². The third-order valence-corrected chi connectivity index (χ3v) is 3.52. The molecule has 1 heterocycles.